The van der Waals surface area contributed by atoms with Crippen molar-refractivity contribution < 1.29 is 4.79 Å². The number of nitrogens with one attached hydrogen (secondary N) is 1. The molecule has 0 radical (unpaired) electrons. The lowest BCUT2D eigenvalue weighted by Gasteiger charge is -2.37. The zero-order valence-corrected chi connectivity index (χ0v) is 15.4. The maximum absolute atomic E-state index is 12.0. The minimum absolute atomic E-state index is 0.0639. The molecule has 4 heterocycles. The Kier molecular flexibility index (Phi) is 4.36. The monoisotopic (exact) mass is 363 g/mol. The summed E-state index contributed by atoms with van der Waals surface area (Å²) in [5.41, 5.74) is 1.67. The highest BCUT2D eigenvalue weighted by Gasteiger charge is 2.27. The molecule has 0 saturated carbocycles. The number of fused-ring (bicyclic) bond motifs is 3. The van der Waals surface area contributed by atoms with E-state index >= 15 is 0 Å². The number of piperidine rings is 1. The number of H-pyrrole nitrogens is 1. The normalized spacial score (nSPS) is 15.2. The van der Waals surface area contributed by atoms with Crippen molar-refractivity contribution in [2.75, 3.05) is 25.0 Å². The fourth-order valence-corrected chi connectivity index (χ4v) is 3.82. The van der Waals surface area contributed by atoms with Crippen molar-refractivity contribution >= 4 is 33.7 Å². The quantitative estimate of drug-likeness (QED) is 0.765. The zero-order chi connectivity index (χ0) is 19.0. The molecule has 0 unspecified atom stereocenters. The summed E-state index contributed by atoms with van der Waals surface area (Å²) in [4.78, 5) is 32.8. The number of nitriles is 1. The molecule has 1 fully saturated rings. The van der Waals surface area contributed by atoms with E-state index in [-0.39, 0.29) is 18.4 Å². The first-order valence-corrected chi connectivity index (χ1v) is 9.06. The van der Waals surface area contributed by atoms with E-state index in [0.29, 0.717) is 0 Å². The van der Waals surface area contributed by atoms with Gasteiger partial charge in [-0.15, -0.1) is 0 Å². The van der Waals surface area contributed by atoms with E-state index in [2.05, 4.69) is 19.9 Å². The van der Waals surface area contributed by atoms with Gasteiger partial charge in [-0.1, -0.05) is 0 Å². The molecule has 27 heavy (non-hydrogen) atoms. The predicted molar refractivity (Wildman–Crippen MR) is 102 cm³/mol. The van der Waals surface area contributed by atoms with Gasteiger partial charge in [0.25, 0.3) is 0 Å². The first-order chi connectivity index (χ1) is 13.1. The van der Waals surface area contributed by atoms with Crippen LogP contribution in [0.15, 0.2) is 18.5 Å². The SMILES string of the molecule is Cc1nc(N2CCC(N(C)C(=O)CC#N)CC2)c2c(cnc3nccc32)[nH]1. The van der Waals surface area contributed by atoms with Crippen LogP contribution in [0, 0.1) is 18.3 Å². The molecule has 1 aliphatic heterocycles. The van der Waals surface area contributed by atoms with Gasteiger partial charge in [-0.05, 0) is 25.8 Å². The van der Waals surface area contributed by atoms with E-state index in [9.17, 15) is 4.79 Å². The molecular formula is C19H21N7O. The Balaban J connectivity index is 1.63. The fraction of sp³-hybridized carbons (Fsp3) is 0.421. The Morgan fingerprint density at radius 2 is 2.19 bits per heavy atom. The van der Waals surface area contributed by atoms with Crippen LogP contribution in [0.3, 0.4) is 0 Å². The van der Waals surface area contributed by atoms with Crippen molar-refractivity contribution in [2.45, 2.75) is 32.2 Å². The maximum atomic E-state index is 12.0. The molecule has 4 rings (SSSR count). The molecule has 3 aromatic rings. The topological polar surface area (TPSA) is 102 Å². The Morgan fingerprint density at radius 3 is 2.93 bits per heavy atom. The summed E-state index contributed by atoms with van der Waals surface area (Å²) < 4.78 is 0. The Bertz CT molecular complexity index is 1040. The number of rotatable bonds is 3. The van der Waals surface area contributed by atoms with Crippen LogP contribution in [0.2, 0.25) is 0 Å². The summed E-state index contributed by atoms with van der Waals surface area (Å²) in [5.74, 6) is 1.66. The minimum Gasteiger partial charge on any atom is -0.356 e. The summed E-state index contributed by atoms with van der Waals surface area (Å²) >= 11 is 0. The smallest absolute Gasteiger partial charge is 0.236 e. The van der Waals surface area contributed by atoms with Crippen molar-refractivity contribution in [1.82, 2.24) is 24.8 Å². The van der Waals surface area contributed by atoms with Crippen LogP contribution in [0.1, 0.15) is 25.1 Å². The van der Waals surface area contributed by atoms with Crippen LogP contribution >= 0.6 is 0 Å². The summed E-state index contributed by atoms with van der Waals surface area (Å²) in [5, 5.41) is 10.8. The summed E-state index contributed by atoms with van der Waals surface area (Å²) in [7, 11) is 1.79. The molecule has 138 valence electrons. The number of aryl methyl sites for hydroxylation is 1. The van der Waals surface area contributed by atoms with Gasteiger partial charge in [0.2, 0.25) is 5.91 Å². The highest BCUT2D eigenvalue weighted by molar-refractivity contribution is 6.09. The van der Waals surface area contributed by atoms with Gasteiger partial charge in [-0.25, -0.2) is 15.0 Å². The number of amides is 1. The third-order valence-corrected chi connectivity index (χ3v) is 5.28. The van der Waals surface area contributed by atoms with E-state index in [0.717, 1.165) is 59.5 Å². The minimum atomic E-state index is -0.111. The molecule has 8 nitrogen and oxygen atoms in total. The lowest BCUT2D eigenvalue weighted by atomic mass is 10.0. The molecule has 1 N–H and O–H groups in total. The molecule has 0 aliphatic carbocycles. The molecule has 8 heteroatoms. The second-order valence-corrected chi connectivity index (χ2v) is 6.93. The van der Waals surface area contributed by atoms with Gasteiger partial charge in [0.1, 0.15) is 18.1 Å². The largest absolute Gasteiger partial charge is 0.356 e. The van der Waals surface area contributed by atoms with Crippen molar-refractivity contribution in [3.8, 4) is 6.07 Å². The summed E-state index contributed by atoms with van der Waals surface area (Å²) in [6.45, 7) is 3.55. The number of aromatic nitrogens is 4. The lowest BCUT2D eigenvalue weighted by Crippen LogP contribution is -2.45. The maximum Gasteiger partial charge on any atom is 0.236 e. The van der Waals surface area contributed by atoms with Gasteiger partial charge < -0.3 is 14.8 Å². The molecule has 0 aromatic carbocycles. The molecule has 1 saturated heterocycles. The molecule has 0 bridgehead atoms. The van der Waals surface area contributed by atoms with Gasteiger partial charge in [-0.3, -0.25) is 4.79 Å². The number of aromatic amines is 1. The number of pyridine rings is 1. The third kappa shape index (κ3) is 3.05. The van der Waals surface area contributed by atoms with Crippen LogP contribution < -0.4 is 4.90 Å². The predicted octanol–water partition coefficient (Wildman–Crippen LogP) is 2.16. The van der Waals surface area contributed by atoms with Crippen LogP contribution in [0.25, 0.3) is 21.9 Å². The van der Waals surface area contributed by atoms with Crippen LogP contribution in [-0.2, 0) is 4.79 Å². The summed E-state index contributed by atoms with van der Waals surface area (Å²) in [6.07, 6.45) is 5.21. The van der Waals surface area contributed by atoms with E-state index in [4.69, 9.17) is 10.2 Å². The van der Waals surface area contributed by atoms with Crippen LogP contribution in [-0.4, -0.2) is 56.9 Å². The van der Waals surface area contributed by atoms with Crippen molar-refractivity contribution in [1.29, 1.82) is 5.26 Å². The fourth-order valence-electron chi connectivity index (χ4n) is 3.82. The molecule has 1 aliphatic rings. The molecular weight excluding hydrogens is 342 g/mol. The first-order valence-electron chi connectivity index (χ1n) is 9.06. The summed E-state index contributed by atoms with van der Waals surface area (Å²) in [6, 6.07) is 4.07. The Hall–Kier alpha value is -3.21. The Morgan fingerprint density at radius 1 is 1.41 bits per heavy atom. The van der Waals surface area contributed by atoms with E-state index in [1.54, 1.807) is 18.1 Å². The van der Waals surface area contributed by atoms with Crippen molar-refractivity contribution in [3.05, 3.63) is 24.3 Å². The lowest BCUT2D eigenvalue weighted by molar-refractivity contribution is -0.131. The number of hydrogen-bond donors (Lipinski definition) is 1. The van der Waals surface area contributed by atoms with Crippen LogP contribution in [0.5, 0.6) is 0 Å². The highest BCUT2D eigenvalue weighted by Crippen LogP contribution is 2.32. The number of anilines is 1. The average molecular weight is 363 g/mol. The highest BCUT2D eigenvalue weighted by atomic mass is 16.2. The van der Waals surface area contributed by atoms with Gasteiger partial charge in [0.05, 0.1) is 23.2 Å². The van der Waals surface area contributed by atoms with Crippen LogP contribution in [0.4, 0.5) is 5.82 Å². The number of carbonyl (C=O) groups excluding carboxylic acids is 1. The number of carbonyl (C=O) groups is 1. The average Bonchev–Trinajstić information content (AvgIpc) is 3.16. The van der Waals surface area contributed by atoms with E-state index in [1.807, 2.05) is 25.3 Å². The molecule has 0 spiro atoms. The van der Waals surface area contributed by atoms with E-state index in [1.165, 1.54) is 0 Å². The van der Waals surface area contributed by atoms with E-state index < -0.39 is 0 Å². The standard InChI is InChI=1S/C19H21N7O/c1-12-23-15-11-22-18-14(4-8-21-18)17(15)19(24-12)26-9-5-13(6-10-26)25(2)16(27)3-7-20/h4,8,11,13H,3,5-6,9-10H2,1-2H3,(H,23,24). The van der Waals surface area contributed by atoms with Crippen molar-refractivity contribution in [2.24, 2.45) is 0 Å². The van der Waals surface area contributed by atoms with Gasteiger partial charge in [-0.2, -0.15) is 5.26 Å². The second-order valence-electron chi connectivity index (χ2n) is 6.93. The number of hydrogen-bond acceptors (Lipinski definition) is 6. The molecule has 1 amide bonds. The van der Waals surface area contributed by atoms with Crippen molar-refractivity contribution in [3.63, 3.8) is 0 Å². The molecule has 3 aromatic heterocycles. The van der Waals surface area contributed by atoms with Gasteiger partial charge >= 0.3 is 0 Å². The zero-order valence-electron chi connectivity index (χ0n) is 15.4. The molecule has 0 atom stereocenters. The van der Waals surface area contributed by atoms with Gasteiger partial charge in [0.15, 0.2) is 5.65 Å². The third-order valence-electron chi connectivity index (χ3n) is 5.28. The Labute approximate surface area is 156 Å². The van der Waals surface area contributed by atoms with Gasteiger partial charge in [0, 0.05) is 37.8 Å². The number of nitrogens with zero attached hydrogens (tertiary/aromatic N) is 6. The first kappa shape index (κ1) is 17.2. The second kappa shape index (κ2) is 6.83.